The van der Waals surface area contributed by atoms with Gasteiger partial charge in [-0.3, -0.25) is 4.79 Å². The lowest BCUT2D eigenvalue weighted by Gasteiger charge is -2.44. The molecule has 0 aromatic rings. The third-order valence-electron chi connectivity index (χ3n) is 3.70. The number of likely N-dealkylation sites (N-methyl/N-ethyl adjacent to an activating group) is 1. The standard InChI is InChI=1S/C15H32N2O/c1-13(2,3)11-15(7,14(4,5)6)12(18)17-10-9-16-8/h16H,9-11H2,1-8H3,(H,17,18). The van der Waals surface area contributed by atoms with E-state index < -0.39 is 0 Å². The summed E-state index contributed by atoms with van der Waals surface area (Å²) >= 11 is 0. The zero-order valence-electron chi connectivity index (χ0n) is 13.5. The summed E-state index contributed by atoms with van der Waals surface area (Å²) < 4.78 is 0. The fourth-order valence-electron chi connectivity index (χ4n) is 2.24. The Morgan fingerprint density at radius 2 is 1.44 bits per heavy atom. The van der Waals surface area contributed by atoms with Crippen molar-refractivity contribution in [2.24, 2.45) is 16.2 Å². The van der Waals surface area contributed by atoms with Crippen molar-refractivity contribution >= 4 is 5.91 Å². The van der Waals surface area contributed by atoms with Crippen LogP contribution >= 0.6 is 0 Å². The second-order valence-electron chi connectivity index (χ2n) is 7.68. The molecule has 3 nitrogen and oxygen atoms in total. The first-order chi connectivity index (χ1) is 7.94. The van der Waals surface area contributed by atoms with E-state index in [1.165, 1.54) is 0 Å². The molecule has 1 unspecified atom stereocenters. The molecule has 1 amide bonds. The minimum Gasteiger partial charge on any atom is -0.354 e. The van der Waals surface area contributed by atoms with Gasteiger partial charge in [0, 0.05) is 13.1 Å². The molecule has 0 aromatic carbocycles. The maximum Gasteiger partial charge on any atom is 0.226 e. The highest BCUT2D eigenvalue weighted by atomic mass is 16.2. The van der Waals surface area contributed by atoms with Gasteiger partial charge in [-0.1, -0.05) is 48.5 Å². The molecule has 0 bridgehead atoms. The highest BCUT2D eigenvalue weighted by Gasteiger charge is 2.46. The van der Waals surface area contributed by atoms with Crippen LogP contribution in [-0.4, -0.2) is 26.0 Å². The molecule has 0 aromatic heterocycles. The molecule has 1 atom stereocenters. The summed E-state index contributed by atoms with van der Waals surface area (Å²) in [6, 6.07) is 0. The van der Waals surface area contributed by atoms with Crippen LogP contribution in [0.1, 0.15) is 54.9 Å². The van der Waals surface area contributed by atoms with Gasteiger partial charge in [-0.05, 0) is 24.3 Å². The van der Waals surface area contributed by atoms with Crippen LogP contribution in [0.3, 0.4) is 0 Å². The molecule has 0 aliphatic rings. The smallest absolute Gasteiger partial charge is 0.226 e. The predicted octanol–water partition coefficient (Wildman–Crippen LogP) is 2.81. The summed E-state index contributed by atoms with van der Waals surface area (Å²) in [5, 5.41) is 6.10. The highest BCUT2D eigenvalue weighted by molar-refractivity contribution is 5.83. The molecule has 2 N–H and O–H groups in total. The Morgan fingerprint density at radius 1 is 0.944 bits per heavy atom. The van der Waals surface area contributed by atoms with E-state index in [1.54, 1.807) is 0 Å². The quantitative estimate of drug-likeness (QED) is 0.743. The van der Waals surface area contributed by atoms with Crippen molar-refractivity contribution in [3.63, 3.8) is 0 Å². The highest BCUT2D eigenvalue weighted by Crippen LogP contribution is 2.46. The van der Waals surface area contributed by atoms with E-state index in [4.69, 9.17) is 0 Å². The van der Waals surface area contributed by atoms with E-state index in [-0.39, 0.29) is 22.2 Å². The van der Waals surface area contributed by atoms with E-state index in [9.17, 15) is 4.79 Å². The van der Waals surface area contributed by atoms with Crippen LogP contribution < -0.4 is 10.6 Å². The summed E-state index contributed by atoms with van der Waals surface area (Å²) in [5.41, 5.74) is -0.259. The van der Waals surface area contributed by atoms with E-state index in [0.29, 0.717) is 6.54 Å². The van der Waals surface area contributed by atoms with E-state index in [0.717, 1.165) is 13.0 Å². The summed E-state index contributed by atoms with van der Waals surface area (Å²) in [5.74, 6) is 0.167. The number of carbonyl (C=O) groups is 1. The first-order valence-corrected chi connectivity index (χ1v) is 6.87. The van der Waals surface area contributed by atoms with Crippen LogP contribution in [0.15, 0.2) is 0 Å². The van der Waals surface area contributed by atoms with Gasteiger partial charge in [0.1, 0.15) is 0 Å². The third-order valence-corrected chi connectivity index (χ3v) is 3.70. The number of hydrogen-bond acceptors (Lipinski definition) is 2. The van der Waals surface area contributed by atoms with Crippen LogP contribution in [0.25, 0.3) is 0 Å². The fraction of sp³-hybridized carbons (Fsp3) is 0.933. The third kappa shape index (κ3) is 4.97. The Kier molecular flexibility index (Phi) is 5.86. The predicted molar refractivity (Wildman–Crippen MR) is 78.6 cm³/mol. The zero-order valence-corrected chi connectivity index (χ0v) is 13.5. The van der Waals surface area contributed by atoms with Crippen molar-refractivity contribution in [1.29, 1.82) is 0 Å². The van der Waals surface area contributed by atoms with Crippen molar-refractivity contribution in [3.8, 4) is 0 Å². The lowest BCUT2D eigenvalue weighted by atomic mass is 9.61. The van der Waals surface area contributed by atoms with Crippen molar-refractivity contribution in [3.05, 3.63) is 0 Å². The van der Waals surface area contributed by atoms with Gasteiger partial charge in [0.15, 0.2) is 0 Å². The number of hydrogen-bond donors (Lipinski definition) is 2. The largest absolute Gasteiger partial charge is 0.354 e. The topological polar surface area (TPSA) is 41.1 Å². The Labute approximate surface area is 113 Å². The maximum absolute atomic E-state index is 12.5. The van der Waals surface area contributed by atoms with Gasteiger partial charge in [0.2, 0.25) is 5.91 Å². The Balaban J connectivity index is 4.94. The number of amides is 1. The van der Waals surface area contributed by atoms with Crippen molar-refractivity contribution in [2.45, 2.75) is 54.9 Å². The zero-order chi connectivity index (χ0) is 14.6. The molecule has 3 heteroatoms. The summed E-state index contributed by atoms with van der Waals surface area (Å²) in [6.07, 6.45) is 0.884. The molecule has 0 aliphatic carbocycles. The van der Waals surface area contributed by atoms with Crippen molar-refractivity contribution in [2.75, 3.05) is 20.1 Å². The van der Waals surface area contributed by atoms with Gasteiger partial charge < -0.3 is 10.6 Å². The van der Waals surface area contributed by atoms with E-state index >= 15 is 0 Å². The fourth-order valence-corrected chi connectivity index (χ4v) is 2.24. The summed E-state index contributed by atoms with van der Waals surface area (Å²) in [7, 11) is 1.89. The van der Waals surface area contributed by atoms with Gasteiger partial charge in [-0.25, -0.2) is 0 Å². The van der Waals surface area contributed by atoms with E-state index in [1.807, 2.05) is 7.05 Å². The average molecular weight is 256 g/mol. The Bertz CT molecular complexity index is 273. The molecule has 0 radical (unpaired) electrons. The number of carbonyl (C=O) groups excluding carboxylic acids is 1. The second-order valence-corrected chi connectivity index (χ2v) is 7.68. The van der Waals surface area contributed by atoms with Gasteiger partial charge >= 0.3 is 0 Å². The number of nitrogens with one attached hydrogen (secondary N) is 2. The molecule has 0 saturated carbocycles. The van der Waals surface area contributed by atoms with Crippen molar-refractivity contribution < 1.29 is 4.79 Å². The first-order valence-electron chi connectivity index (χ1n) is 6.87. The van der Waals surface area contributed by atoms with Crippen LogP contribution in [0.4, 0.5) is 0 Å². The average Bonchev–Trinajstić information content (AvgIpc) is 2.13. The van der Waals surface area contributed by atoms with Crippen LogP contribution in [-0.2, 0) is 4.79 Å². The molecule has 0 rings (SSSR count). The minimum atomic E-state index is -0.348. The summed E-state index contributed by atoms with van der Waals surface area (Å²) in [4.78, 5) is 12.5. The van der Waals surface area contributed by atoms with Crippen LogP contribution in [0.2, 0.25) is 0 Å². The van der Waals surface area contributed by atoms with Crippen LogP contribution in [0.5, 0.6) is 0 Å². The minimum absolute atomic E-state index is 0.0516. The SMILES string of the molecule is CNCCNC(=O)C(C)(CC(C)(C)C)C(C)(C)C. The molecule has 0 heterocycles. The monoisotopic (exact) mass is 256 g/mol. The molecule has 0 spiro atoms. The molecule has 0 saturated heterocycles. The molecular weight excluding hydrogens is 224 g/mol. The summed E-state index contributed by atoms with van der Waals surface area (Å²) in [6.45, 7) is 16.6. The van der Waals surface area contributed by atoms with E-state index in [2.05, 4.69) is 59.1 Å². The van der Waals surface area contributed by atoms with Gasteiger partial charge in [0.25, 0.3) is 0 Å². The second kappa shape index (κ2) is 6.05. The van der Waals surface area contributed by atoms with Gasteiger partial charge in [-0.2, -0.15) is 0 Å². The molecule has 0 aliphatic heterocycles. The molecule has 108 valence electrons. The van der Waals surface area contributed by atoms with Gasteiger partial charge in [-0.15, -0.1) is 0 Å². The first kappa shape index (κ1) is 17.4. The van der Waals surface area contributed by atoms with Crippen molar-refractivity contribution in [1.82, 2.24) is 10.6 Å². The Hall–Kier alpha value is -0.570. The maximum atomic E-state index is 12.5. The van der Waals surface area contributed by atoms with Gasteiger partial charge in [0.05, 0.1) is 5.41 Å². The molecule has 18 heavy (non-hydrogen) atoms. The molecular formula is C15H32N2O. The number of rotatable bonds is 5. The normalized spacial score (nSPS) is 16.2. The molecule has 0 fully saturated rings. The lowest BCUT2D eigenvalue weighted by Crippen LogP contribution is -2.50. The lowest BCUT2D eigenvalue weighted by molar-refractivity contribution is -0.138. The van der Waals surface area contributed by atoms with Crippen LogP contribution in [0, 0.1) is 16.2 Å². The Morgan fingerprint density at radius 3 is 1.78 bits per heavy atom.